The van der Waals surface area contributed by atoms with E-state index in [4.69, 9.17) is 9.15 Å². The molecule has 0 aromatic carbocycles. The number of methoxy groups -OCH3 is 1. The average molecular weight is 454 g/mol. The molecule has 1 saturated carbocycles. The van der Waals surface area contributed by atoms with Gasteiger partial charge in [-0.25, -0.2) is 4.98 Å². The van der Waals surface area contributed by atoms with Crippen LogP contribution in [0.4, 0.5) is 13.2 Å². The van der Waals surface area contributed by atoms with Crippen LogP contribution in [0, 0.1) is 11.8 Å². The lowest BCUT2D eigenvalue weighted by Gasteiger charge is -2.42. The maximum Gasteiger partial charge on any atom is 0.426 e. The summed E-state index contributed by atoms with van der Waals surface area (Å²) in [6, 6.07) is 3.46. The first-order valence-electron chi connectivity index (χ1n) is 10.4. The number of hydrogen-bond acceptors (Lipinski definition) is 7. The second-order valence-electron chi connectivity index (χ2n) is 8.85. The molecule has 32 heavy (non-hydrogen) atoms. The first kappa shape index (κ1) is 22.5. The third-order valence-electron chi connectivity index (χ3n) is 6.70. The molecule has 3 atom stereocenters. The van der Waals surface area contributed by atoms with Crippen molar-refractivity contribution in [3.05, 3.63) is 24.2 Å². The molecule has 1 saturated heterocycles. The Morgan fingerprint density at radius 2 is 2.03 bits per heavy atom. The second-order valence-corrected chi connectivity index (χ2v) is 8.85. The zero-order chi connectivity index (χ0) is 23.3. The van der Waals surface area contributed by atoms with E-state index in [-0.39, 0.29) is 30.3 Å². The van der Waals surface area contributed by atoms with E-state index in [1.54, 1.807) is 18.3 Å². The third-order valence-corrected chi connectivity index (χ3v) is 6.70. The van der Waals surface area contributed by atoms with Crippen LogP contribution in [-0.2, 0) is 10.2 Å². The van der Waals surface area contributed by atoms with Crippen LogP contribution in [-0.4, -0.2) is 63.1 Å². The molecule has 8 nitrogen and oxygen atoms in total. The number of pyridine rings is 1. The van der Waals surface area contributed by atoms with Crippen LogP contribution >= 0.6 is 0 Å². The standard InChI is InChI=1S/C21H25F3N4O4/c1-12-11-28(18(29)19(2,30)21(22,23)24)9-6-14(12)20(7-8-20)17-27-26-16(32-17)13-4-5-15(31-3)25-10-13/h4-5,10,12,14,30H,6-9,11H2,1-3H3/t12?,14?,19-/m1/s1. The highest BCUT2D eigenvalue weighted by Gasteiger charge is 2.60. The molecule has 1 amide bonds. The van der Waals surface area contributed by atoms with Gasteiger partial charge < -0.3 is 19.2 Å². The number of rotatable bonds is 5. The summed E-state index contributed by atoms with van der Waals surface area (Å²) in [4.78, 5) is 17.6. The monoisotopic (exact) mass is 454 g/mol. The normalized spacial score (nSPS) is 24.7. The number of halogens is 3. The van der Waals surface area contributed by atoms with Crippen molar-refractivity contribution in [2.45, 2.75) is 50.3 Å². The zero-order valence-electron chi connectivity index (χ0n) is 18.0. The molecule has 4 rings (SSSR count). The van der Waals surface area contributed by atoms with E-state index in [1.165, 1.54) is 7.11 Å². The van der Waals surface area contributed by atoms with Crippen LogP contribution in [0.5, 0.6) is 5.88 Å². The molecule has 1 N–H and O–H groups in total. The SMILES string of the molecule is COc1ccc(-c2nnc(C3(C4CCN(C(=O)[C@@](C)(O)C(F)(F)F)CC4C)CC3)o2)cn1. The summed E-state index contributed by atoms with van der Waals surface area (Å²) < 4.78 is 50.3. The lowest BCUT2D eigenvalue weighted by Crippen LogP contribution is -2.58. The van der Waals surface area contributed by atoms with Gasteiger partial charge in [0.15, 0.2) is 0 Å². The molecule has 2 aliphatic rings. The zero-order valence-corrected chi connectivity index (χ0v) is 18.0. The summed E-state index contributed by atoms with van der Waals surface area (Å²) in [7, 11) is 1.52. The Balaban J connectivity index is 1.48. The minimum absolute atomic E-state index is 0.0738. The topological polar surface area (TPSA) is 102 Å². The van der Waals surface area contributed by atoms with Gasteiger partial charge in [0.05, 0.1) is 18.1 Å². The molecule has 3 heterocycles. The minimum Gasteiger partial charge on any atom is -0.481 e. The van der Waals surface area contributed by atoms with Crippen molar-refractivity contribution in [3.8, 4) is 17.3 Å². The number of aromatic nitrogens is 3. The van der Waals surface area contributed by atoms with Gasteiger partial charge in [-0.05, 0) is 44.1 Å². The summed E-state index contributed by atoms with van der Waals surface area (Å²) in [5.41, 5.74) is -3.08. The van der Waals surface area contributed by atoms with Gasteiger partial charge in [-0.3, -0.25) is 4.79 Å². The van der Waals surface area contributed by atoms with Crippen LogP contribution in [0.1, 0.15) is 39.0 Å². The lowest BCUT2D eigenvalue weighted by molar-refractivity contribution is -0.251. The van der Waals surface area contributed by atoms with Crippen LogP contribution in [0.25, 0.3) is 11.5 Å². The highest BCUT2D eigenvalue weighted by atomic mass is 19.4. The fraction of sp³-hybridized carbons (Fsp3) is 0.619. The highest BCUT2D eigenvalue weighted by Crippen LogP contribution is 2.58. The highest BCUT2D eigenvalue weighted by molar-refractivity contribution is 5.85. The van der Waals surface area contributed by atoms with Crippen LogP contribution in [0.15, 0.2) is 22.7 Å². The first-order chi connectivity index (χ1) is 15.0. The van der Waals surface area contributed by atoms with Gasteiger partial charge in [0.25, 0.3) is 5.91 Å². The van der Waals surface area contributed by atoms with Gasteiger partial charge in [-0.1, -0.05) is 6.92 Å². The van der Waals surface area contributed by atoms with Gasteiger partial charge in [0.1, 0.15) is 0 Å². The van der Waals surface area contributed by atoms with Crippen molar-refractivity contribution in [1.82, 2.24) is 20.1 Å². The molecule has 0 radical (unpaired) electrons. The van der Waals surface area contributed by atoms with E-state index in [2.05, 4.69) is 15.2 Å². The predicted molar refractivity (Wildman–Crippen MR) is 106 cm³/mol. The Hall–Kier alpha value is -2.69. The van der Waals surface area contributed by atoms with Crippen molar-refractivity contribution < 1.29 is 32.2 Å². The molecule has 2 fully saturated rings. The number of aliphatic hydroxyl groups is 1. The quantitative estimate of drug-likeness (QED) is 0.741. The minimum atomic E-state index is -5.03. The smallest absolute Gasteiger partial charge is 0.426 e. The fourth-order valence-corrected chi connectivity index (χ4v) is 4.63. The lowest BCUT2D eigenvalue weighted by atomic mass is 9.74. The summed E-state index contributed by atoms with van der Waals surface area (Å²) >= 11 is 0. The van der Waals surface area contributed by atoms with Crippen LogP contribution in [0.2, 0.25) is 0 Å². The molecule has 174 valence electrons. The predicted octanol–water partition coefficient (Wildman–Crippen LogP) is 2.97. The Morgan fingerprint density at radius 1 is 1.31 bits per heavy atom. The van der Waals surface area contributed by atoms with Crippen molar-refractivity contribution in [1.29, 1.82) is 0 Å². The summed E-state index contributed by atoms with van der Waals surface area (Å²) in [5, 5.41) is 18.2. The maximum atomic E-state index is 13.1. The van der Waals surface area contributed by atoms with E-state index in [0.717, 1.165) is 17.7 Å². The van der Waals surface area contributed by atoms with Gasteiger partial charge in [-0.2, -0.15) is 13.2 Å². The Kier molecular flexibility index (Phi) is 5.43. The van der Waals surface area contributed by atoms with Gasteiger partial charge >= 0.3 is 6.18 Å². The summed E-state index contributed by atoms with van der Waals surface area (Å²) in [5.74, 6) is -0.0360. The number of amides is 1. The summed E-state index contributed by atoms with van der Waals surface area (Å²) in [6.07, 6.45) is -1.30. The number of carbonyl (C=O) groups excluding carboxylic acids is 1. The molecule has 2 unspecified atom stereocenters. The molecule has 0 spiro atoms. The molecular formula is C21H25F3N4O4. The molecule has 0 bridgehead atoms. The average Bonchev–Trinajstić information content (AvgIpc) is 3.40. The van der Waals surface area contributed by atoms with Crippen molar-refractivity contribution in [2.24, 2.45) is 11.8 Å². The molecule has 1 aliphatic heterocycles. The van der Waals surface area contributed by atoms with Crippen molar-refractivity contribution in [3.63, 3.8) is 0 Å². The molecular weight excluding hydrogens is 429 g/mol. The van der Waals surface area contributed by atoms with E-state index < -0.39 is 17.7 Å². The van der Waals surface area contributed by atoms with Gasteiger partial charge in [0, 0.05) is 25.4 Å². The number of piperidine rings is 1. The Morgan fingerprint density at radius 3 is 2.56 bits per heavy atom. The van der Waals surface area contributed by atoms with Crippen LogP contribution in [0.3, 0.4) is 0 Å². The van der Waals surface area contributed by atoms with E-state index in [9.17, 15) is 23.1 Å². The molecule has 2 aromatic heterocycles. The third kappa shape index (κ3) is 3.72. The Labute approximate surface area is 182 Å². The summed E-state index contributed by atoms with van der Waals surface area (Å²) in [6.45, 7) is 2.66. The Bertz CT molecular complexity index is 986. The maximum absolute atomic E-state index is 13.1. The van der Waals surface area contributed by atoms with Crippen molar-refractivity contribution >= 4 is 5.91 Å². The molecule has 2 aromatic rings. The number of ether oxygens (including phenoxy) is 1. The van der Waals surface area contributed by atoms with Gasteiger partial charge in [0.2, 0.25) is 23.3 Å². The largest absolute Gasteiger partial charge is 0.481 e. The van der Waals surface area contributed by atoms with E-state index in [1.807, 2.05) is 6.92 Å². The number of alkyl halides is 3. The van der Waals surface area contributed by atoms with Crippen LogP contribution < -0.4 is 4.74 Å². The van der Waals surface area contributed by atoms with Gasteiger partial charge in [-0.15, -0.1) is 10.2 Å². The van der Waals surface area contributed by atoms with E-state index in [0.29, 0.717) is 36.6 Å². The first-order valence-corrected chi connectivity index (χ1v) is 10.4. The number of carbonyl (C=O) groups is 1. The second kappa shape index (κ2) is 7.72. The number of nitrogens with zero attached hydrogens (tertiary/aromatic N) is 4. The van der Waals surface area contributed by atoms with E-state index >= 15 is 0 Å². The fourth-order valence-electron chi connectivity index (χ4n) is 4.63. The number of likely N-dealkylation sites (tertiary alicyclic amines) is 1. The molecule has 11 heteroatoms. The number of hydrogen-bond donors (Lipinski definition) is 1. The van der Waals surface area contributed by atoms with Crippen molar-refractivity contribution in [2.75, 3.05) is 20.2 Å². The molecule has 1 aliphatic carbocycles.